The van der Waals surface area contributed by atoms with Crippen LogP contribution in [0.1, 0.15) is 42.1 Å². The number of amides is 1. The number of hydrogen-bond acceptors (Lipinski definition) is 8. The van der Waals surface area contributed by atoms with Crippen molar-refractivity contribution in [2.75, 3.05) is 30.9 Å². The van der Waals surface area contributed by atoms with Crippen LogP contribution in [0.25, 0.3) is 5.65 Å². The van der Waals surface area contributed by atoms with Crippen LogP contribution >= 0.6 is 0 Å². The van der Waals surface area contributed by atoms with Crippen molar-refractivity contribution in [2.45, 2.75) is 49.5 Å². The maximum absolute atomic E-state index is 13.2. The molecule has 198 valence electrons. The predicted molar refractivity (Wildman–Crippen MR) is 127 cm³/mol. The summed E-state index contributed by atoms with van der Waals surface area (Å²) in [5.74, 6) is -0.206. The minimum Gasteiger partial charge on any atom is -0.381 e. The van der Waals surface area contributed by atoms with E-state index in [-0.39, 0.29) is 40.7 Å². The molecule has 37 heavy (non-hydrogen) atoms. The Bertz CT molecular complexity index is 1380. The van der Waals surface area contributed by atoms with E-state index in [1.54, 1.807) is 36.0 Å². The fraction of sp³-hybridized carbons (Fsp3) is 0.478. The topological polar surface area (TPSA) is 135 Å². The van der Waals surface area contributed by atoms with Gasteiger partial charge in [-0.3, -0.25) is 9.59 Å². The molecule has 2 atom stereocenters. The number of alkyl halides is 3. The summed E-state index contributed by atoms with van der Waals surface area (Å²) < 4.78 is 48.1. The Kier molecular flexibility index (Phi) is 6.31. The Morgan fingerprint density at radius 1 is 1.27 bits per heavy atom. The lowest BCUT2D eigenvalue weighted by Gasteiger charge is -2.46. The maximum atomic E-state index is 13.2. The molecule has 4 N–H and O–H groups in total. The van der Waals surface area contributed by atoms with Crippen LogP contribution in [-0.2, 0) is 4.74 Å². The van der Waals surface area contributed by atoms with Crippen LogP contribution in [0, 0.1) is 0 Å². The number of hydrogen-bond donors (Lipinski definition) is 4. The first-order valence-electron chi connectivity index (χ1n) is 11.8. The second kappa shape index (κ2) is 9.34. The van der Waals surface area contributed by atoms with Crippen LogP contribution in [0.5, 0.6) is 0 Å². The van der Waals surface area contributed by atoms with Crippen molar-refractivity contribution in [1.82, 2.24) is 24.5 Å². The van der Waals surface area contributed by atoms with Gasteiger partial charge in [-0.1, -0.05) is 0 Å². The Hall–Kier alpha value is -3.65. The number of anilines is 3. The summed E-state index contributed by atoms with van der Waals surface area (Å²) >= 11 is 0. The number of aromatic nitrogens is 4. The van der Waals surface area contributed by atoms with Gasteiger partial charge < -0.3 is 30.4 Å². The normalized spacial score (nSPS) is 22.5. The lowest BCUT2D eigenvalue weighted by atomic mass is 9.74. The van der Waals surface area contributed by atoms with Crippen molar-refractivity contribution in [3.8, 4) is 0 Å². The zero-order valence-electron chi connectivity index (χ0n) is 19.9. The number of ether oxygens (including phenoxy) is 1. The number of carbonyl (C=O) groups excluding carboxylic acids is 1. The van der Waals surface area contributed by atoms with Gasteiger partial charge in [0, 0.05) is 38.6 Å². The van der Waals surface area contributed by atoms with Crippen molar-refractivity contribution in [3.05, 3.63) is 46.5 Å². The number of aliphatic hydroxyl groups is 1. The van der Waals surface area contributed by atoms with E-state index in [9.17, 15) is 27.9 Å². The third kappa shape index (κ3) is 4.39. The van der Waals surface area contributed by atoms with Gasteiger partial charge in [0.1, 0.15) is 22.9 Å². The van der Waals surface area contributed by atoms with Gasteiger partial charge in [0.2, 0.25) is 0 Å². The van der Waals surface area contributed by atoms with Crippen molar-refractivity contribution < 1.29 is 27.8 Å². The van der Waals surface area contributed by atoms with Gasteiger partial charge in [-0.05, 0) is 37.8 Å². The average Bonchev–Trinajstić information content (AvgIpc) is 3.31. The van der Waals surface area contributed by atoms with Gasteiger partial charge in [-0.25, -0.2) is 4.98 Å². The van der Waals surface area contributed by atoms with Gasteiger partial charge in [0.15, 0.2) is 11.2 Å². The molecule has 11 nitrogen and oxygen atoms in total. The Morgan fingerprint density at radius 2 is 2.03 bits per heavy atom. The first-order chi connectivity index (χ1) is 17.6. The highest BCUT2D eigenvalue weighted by atomic mass is 19.4. The van der Waals surface area contributed by atoms with Crippen molar-refractivity contribution >= 4 is 28.9 Å². The molecule has 4 heterocycles. The Labute approximate surface area is 208 Å². The molecule has 1 aliphatic heterocycles. The highest BCUT2D eigenvalue weighted by Crippen LogP contribution is 2.45. The highest BCUT2D eigenvalue weighted by Gasteiger charge is 2.64. The number of nitrogens with zero attached hydrogens (tertiary/aromatic N) is 4. The van der Waals surface area contributed by atoms with Gasteiger partial charge >= 0.3 is 6.18 Å². The molecule has 5 rings (SSSR count). The minimum absolute atomic E-state index is 0.0123. The third-order valence-electron chi connectivity index (χ3n) is 6.98. The van der Waals surface area contributed by atoms with E-state index in [1.807, 2.05) is 0 Å². The molecule has 2 aliphatic rings. The summed E-state index contributed by atoms with van der Waals surface area (Å²) in [6.45, 7) is 1.15. The number of rotatable bonds is 6. The second-order valence-corrected chi connectivity index (χ2v) is 9.16. The maximum Gasteiger partial charge on any atom is 0.419 e. The fourth-order valence-corrected chi connectivity index (χ4v) is 4.69. The number of halogens is 3. The summed E-state index contributed by atoms with van der Waals surface area (Å²) in [6, 6.07) is 3.48. The molecule has 1 amide bonds. The zero-order valence-corrected chi connectivity index (χ0v) is 19.9. The first-order valence-corrected chi connectivity index (χ1v) is 11.8. The molecule has 0 radical (unpaired) electrons. The number of carbonyl (C=O) groups is 1. The van der Waals surface area contributed by atoms with E-state index in [0.717, 1.165) is 12.8 Å². The molecule has 0 aromatic carbocycles. The van der Waals surface area contributed by atoms with Crippen molar-refractivity contribution in [3.63, 3.8) is 0 Å². The Balaban J connectivity index is 1.44. The number of nitrogens with one attached hydrogen (secondary N) is 3. The monoisotopic (exact) mass is 521 g/mol. The van der Waals surface area contributed by atoms with Crippen LogP contribution in [0.4, 0.5) is 30.5 Å². The molecule has 0 spiro atoms. The number of fused-ring (bicyclic) bond motifs is 1. The Morgan fingerprint density at radius 3 is 2.68 bits per heavy atom. The van der Waals surface area contributed by atoms with E-state index >= 15 is 0 Å². The third-order valence-corrected chi connectivity index (χ3v) is 6.98. The molecular weight excluding hydrogens is 495 g/mol. The molecule has 14 heteroatoms. The van der Waals surface area contributed by atoms with Crippen LogP contribution in [0.3, 0.4) is 0 Å². The lowest BCUT2D eigenvalue weighted by Crippen LogP contribution is -2.67. The SMILES string of the molecule is CNc1cc(Nc2cccn(C3CCOCC3)c2=O)nc2c(C(=O)NC3CC[C@]3(O)C(F)(F)F)cnn12. The van der Waals surface area contributed by atoms with Crippen molar-refractivity contribution in [2.24, 2.45) is 0 Å². The molecule has 1 saturated carbocycles. The molecule has 3 aromatic heterocycles. The summed E-state index contributed by atoms with van der Waals surface area (Å²) in [6.07, 6.45) is -1.03. The number of pyridine rings is 1. The highest BCUT2D eigenvalue weighted by molar-refractivity contribution is 6.00. The molecule has 1 saturated heterocycles. The molecule has 0 bridgehead atoms. The largest absolute Gasteiger partial charge is 0.419 e. The van der Waals surface area contributed by atoms with Crippen LogP contribution in [0.2, 0.25) is 0 Å². The van der Waals surface area contributed by atoms with E-state index in [1.165, 1.54) is 10.7 Å². The average molecular weight is 522 g/mol. The van der Waals surface area contributed by atoms with Crippen LogP contribution in [-0.4, -0.2) is 68.3 Å². The van der Waals surface area contributed by atoms with E-state index < -0.39 is 30.1 Å². The fourth-order valence-electron chi connectivity index (χ4n) is 4.69. The van der Waals surface area contributed by atoms with E-state index in [2.05, 4.69) is 26.0 Å². The minimum atomic E-state index is -4.87. The molecular formula is C23H26F3N7O4. The summed E-state index contributed by atoms with van der Waals surface area (Å²) in [5.41, 5.74) is -2.97. The molecule has 1 aliphatic carbocycles. The van der Waals surface area contributed by atoms with E-state index in [0.29, 0.717) is 19.0 Å². The summed E-state index contributed by atoms with van der Waals surface area (Å²) in [5, 5.41) is 22.3. The second-order valence-electron chi connectivity index (χ2n) is 9.16. The summed E-state index contributed by atoms with van der Waals surface area (Å²) in [4.78, 5) is 30.4. The molecule has 2 fully saturated rings. The zero-order chi connectivity index (χ0) is 26.4. The lowest BCUT2D eigenvalue weighted by molar-refractivity contribution is -0.296. The first kappa shape index (κ1) is 25.0. The van der Waals surface area contributed by atoms with Crippen LogP contribution < -0.4 is 21.5 Å². The quantitative estimate of drug-likeness (QED) is 0.388. The standard InChI is InChI=1S/C23H26F3N7O4/c1-27-18-11-17(29-15-3-2-8-32(21(15)35)13-5-9-37-10-6-13)31-19-14(12-28-33(18)19)20(34)30-16-4-7-22(16,36)23(24,25)26/h2-3,8,11-13,16,27,36H,4-7,9-10H2,1H3,(H,29,31)(H,30,34)/t16?,22-/m1/s1. The predicted octanol–water partition coefficient (Wildman–Crippen LogP) is 2.21. The van der Waals surface area contributed by atoms with E-state index in [4.69, 9.17) is 4.74 Å². The van der Waals surface area contributed by atoms with Gasteiger partial charge in [0.25, 0.3) is 11.5 Å². The van der Waals surface area contributed by atoms with Gasteiger partial charge in [-0.2, -0.15) is 22.8 Å². The van der Waals surface area contributed by atoms with Crippen molar-refractivity contribution in [1.29, 1.82) is 0 Å². The van der Waals surface area contributed by atoms with Crippen LogP contribution in [0.15, 0.2) is 35.4 Å². The van der Waals surface area contributed by atoms with Gasteiger partial charge in [0.05, 0.1) is 12.2 Å². The molecule has 1 unspecified atom stereocenters. The molecule has 3 aromatic rings. The smallest absolute Gasteiger partial charge is 0.381 e. The summed E-state index contributed by atoms with van der Waals surface area (Å²) in [7, 11) is 1.62. The van der Waals surface area contributed by atoms with Gasteiger partial charge in [-0.15, -0.1) is 0 Å².